The van der Waals surface area contributed by atoms with Crippen LogP contribution in [0.2, 0.25) is 0 Å². The molecule has 6 heteroatoms. The van der Waals surface area contributed by atoms with Gasteiger partial charge in [0, 0.05) is 10.5 Å². The highest BCUT2D eigenvalue weighted by atomic mass is 32.2. The molecule has 96 valence electrons. The van der Waals surface area contributed by atoms with Crippen molar-refractivity contribution in [3.63, 3.8) is 0 Å². The molecule has 3 N–H and O–H groups in total. The van der Waals surface area contributed by atoms with Crippen LogP contribution in [0.4, 0.5) is 0 Å². The van der Waals surface area contributed by atoms with E-state index in [0.29, 0.717) is 5.75 Å². The summed E-state index contributed by atoms with van der Waals surface area (Å²) in [5, 5.41) is 0. The molecule has 2 heterocycles. The summed E-state index contributed by atoms with van der Waals surface area (Å²) in [6.07, 6.45) is 1.65. The molecule has 2 rings (SSSR count). The molecule has 0 saturated carbocycles. The largest absolute Gasteiger partial charge is 0.468 e. The predicted octanol–water partition coefficient (Wildman–Crippen LogP) is 2.39. The Kier molecular flexibility index (Phi) is 3.78. The molecule has 18 heavy (non-hydrogen) atoms. The first kappa shape index (κ1) is 12.8. The maximum Gasteiger partial charge on any atom is 0.301 e. The second-order valence-corrected chi connectivity index (χ2v) is 4.85. The van der Waals surface area contributed by atoms with Gasteiger partial charge in [-0.15, -0.1) is 11.8 Å². The van der Waals surface area contributed by atoms with Crippen LogP contribution in [0.25, 0.3) is 0 Å². The van der Waals surface area contributed by atoms with Gasteiger partial charge in [-0.25, -0.2) is 5.84 Å². The Bertz CT molecular complexity index is 559. The number of rotatable bonds is 4. The van der Waals surface area contributed by atoms with Gasteiger partial charge < -0.3 is 8.83 Å². The van der Waals surface area contributed by atoms with Crippen molar-refractivity contribution in [3.8, 4) is 0 Å². The van der Waals surface area contributed by atoms with Crippen molar-refractivity contribution >= 4 is 17.7 Å². The van der Waals surface area contributed by atoms with Gasteiger partial charge in [-0.1, -0.05) is 0 Å². The first-order valence-corrected chi connectivity index (χ1v) is 6.37. The number of hydrogen-bond acceptors (Lipinski definition) is 5. The molecule has 0 unspecified atom stereocenters. The molecule has 0 spiro atoms. The van der Waals surface area contributed by atoms with Crippen molar-refractivity contribution in [1.29, 1.82) is 0 Å². The lowest BCUT2D eigenvalue weighted by Gasteiger charge is -1.97. The Balaban J connectivity index is 2.07. The van der Waals surface area contributed by atoms with Crippen LogP contribution in [-0.4, -0.2) is 5.91 Å². The van der Waals surface area contributed by atoms with Crippen LogP contribution in [0, 0.1) is 13.8 Å². The topological polar surface area (TPSA) is 81.4 Å². The molecule has 5 nitrogen and oxygen atoms in total. The number of nitrogens with one attached hydrogen (secondary N) is 1. The number of furan rings is 2. The van der Waals surface area contributed by atoms with Crippen LogP contribution in [0.15, 0.2) is 32.1 Å². The standard InChI is InChI=1S/C12H14N2O3S/c1-7-5-9(17-11(7)12(15)14-13)6-18-10-3-4-16-8(10)2/h3-5H,6,13H2,1-2H3,(H,14,15). The number of carbonyl (C=O) groups excluding carboxylic acids is 1. The van der Waals surface area contributed by atoms with Gasteiger partial charge in [-0.05, 0) is 26.0 Å². The molecule has 2 aromatic rings. The Morgan fingerprint density at radius 3 is 2.89 bits per heavy atom. The summed E-state index contributed by atoms with van der Waals surface area (Å²) in [7, 11) is 0. The van der Waals surface area contributed by atoms with Crippen LogP contribution < -0.4 is 11.3 Å². The molecule has 2 aromatic heterocycles. The monoisotopic (exact) mass is 266 g/mol. The van der Waals surface area contributed by atoms with Gasteiger partial charge in [-0.3, -0.25) is 10.2 Å². The van der Waals surface area contributed by atoms with E-state index in [2.05, 4.69) is 5.43 Å². The molecule has 0 aliphatic rings. The van der Waals surface area contributed by atoms with E-state index in [1.54, 1.807) is 18.0 Å². The molecule has 0 fully saturated rings. The summed E-state index contributed by atoms with van der Waals surface area (Å²) in [6.45, 7) is 3.72. The van der Waals surface area contributed by atoms with Gasteiger partial charge in [0.25, 0.3) is 0 Å². The van der Waals surface area contributed by atoms with Gasteiger partial charge in [0.1, 0.15) is 11.5 Å². The highest BCUT2D eigenvalue weighted by Crippen LogP contribution is 2.28. The summed E-state index contributed by atoms with van der Waals surface area (Å²) in [6, 6.07) is 3.75. The second-order valence-electron chi connectivity index (χ2n) is 3.83. The van der Waals surface area contributed by atoms with Crippen LogP contribution in [-0.2, 0) is 5.75 Å². The molecule has 0 atom stereocenters. The number of aryl methyl sites for hydroxylation is 2. The highest BCUT2D eigenvalue weighted by Gasteiger charge is 2.15. The number of hydrazine groups is 1. The van der Waals surface area contributed by atoms with E-state index in [9.17, 15) is 4.79 Å². The fourth-order valence-corrected chi connectivity index (χ4v) is 2.43. The first-order valence-electron chi connectivity index (χ1n) is 5.39. The van der Waals surface area contributed by atoms with E-state index >= 15 is 0 Å². The third-order valence-electron chi connectivity index (χ3n) is 2.49. The molecule has 0 aliphatic heterocycles. The summed E-state index contributed by atoms with van der Waals surface area (Å²) in [5.74, 6) is 7.17. The lowest BCUT2D eigenvalue weighted by Crippen LogP contribution is -2.30. The molecule has 0 saturated heterocycles. The number of nitrogens with two attached hydrogens (primary N) is 1. The third kappa shape index (κ3) is 2.60. The normalized spacial score (nSPS) is 10.6. The SMILES string of the molecule is Cc1cc(CSc2ccoc2C)oc1C(=O)NN. The van der Waals surface area contributed by atoms with Gasteiger partial charge in [-0.2, -0.15) is 0 Å². The number of thioether (sulfide) groups is 1. The average molecular weight is 266 g/mol. The fourth-order valence-electron chi connectivity index (χ4n) is 1.58. The molecule has 0 aliphatic carbocycles. The molecule has 1 amide bonds. The minimum absolute atomic E-state index is 0.261. The molecular formula is C12H14N2O3S. The quantitative estimate of drug-likeness (QED) is 0.384. The second kappa shape index (κ2) is 5.32. The van der Waals surface area contributed by atoms with E-state index in [0.717, 1.165) is 22.0 Å². The Morgan fingerprint density at radius 1 is 1.50 bits per heavy atom. The number of amides is 1. The van der Waals surface area contributed by atoms with Gasteiger partial charge in [0.05, 0.1) is 12.0 Å². The Morgan fingerprint density at radius 2 is 2.28 bits per heavy atom. The maximum absolute atomic E-state index is 11.4. The molecule has 0 bridgehead atoms. The smallest absolute Gasteiger partial charge is 0.301 e. The first-order chi connectivity index (χ1) is 8.61. The summed E-state index contributed by atoms with van der Waals surface area (Å²) < 4.78 is 10.7. The van der Waals surface area contributed by atoms with Crippen LogP contribution in [0.1, 0.15) is 27.6 Å². The van der Waals surface area contributed by atoms with Crippen molar-refractivity contribution in [3.05, 3.63) is 41.2 Å². The van der Waals surface area contributed by atoms with Crippen LogP contribution in [0.5, 0.6) is 0 Å². The third-order valence-corrected chi connectivity index (χ3v) is 3.65. The predicted molar refractivity (Wildman–Crippen MR) is 68.1 cm³/mol. The van der Waals surface area contributed by atoms with Gasteiger partial charge >= 0.3 is 5.91 Å². The van der Waals surface area contributed by atoms with Gasteiger partial charge in [0.2, 0.25) is 0 Å². The fraction of sp³-hybridized carbons (Fsp3) is 0.250. The minimum atomic E-state index is -0.414. The summed E-state index contributed by atoms with van der Waals surface area (Å²) in [5.41, 5.74) is 2.84. The van der Waals surface area contributed by atoms with Crippen molar-refractivity contribution < 1.29 is 13.6 Å². The lowest BCUT2D eigenvalue weighted by molar-refractivity contribution is 0.0923. The Hall–Kier alpha value is -1.66. The maximum atomic E-state index is 11.4. The highest BCUT2D eigenvalue weighted by molar-refractivity contribution is 7.98. The number of hydrogen-bond donors (Lipinski definition) is 2. The van der Waals surface area contributed by atoms with E-state index < -0.39 is 5.91 Å². The minimum Gasteiger partial charge on any atom is -0.468 e. The van der Waals surface area contributed by atoms with E-state index in [4.69, 9.17) is 14.7 Å². The lowest BCUT2D eigenvalue weighted by atomic mass is 10.2. The van der Waals surface area contributed by atoms with Crippen LogP contribution >= 0.6 is 11.8 Å². The van der Waals surface area contributed by atoms with Crippen molar-refractivity contribution in [2.24, 2.45) is 5.84 Å². The Labute approximate surface area is 109 Å². The van der Waals surface area contributed by atoms with E-state index in [-0.39, 0.29) is 5.76 Å². The van der Waals surface area contributed by atoms with E-state index in [1.807, 2.05) is 26.0 Å². The van der Waals surface area contributed by atoms with Crippen molar-refractivity contribution in [2.75, 3.05) is 0 Å². The summed E-state index contributed by atoms with van der Waals surface area (Å²) in [4.78, 5) is 12.4. The van der Waals surface area contributed by atoms with Crippen LogP contribution in [0.3, 0.4) is 0 Å². The number of nitrogen functional groups attached to an aromatic ring is 1. The molecular weight excluding hydrogens is 252 g/mol. The number of carbonyl (C=O) groups is 1. The molecule has 0 radical (unpaired) electrons. The van der Waals surface area contributed by atoms with Gasteiger partial charge in [0.15, 0.2) is 5.76 Å². The van der Waals surface area contributed by atoms with Crippen molar-refractivity contribution in [2.45, 2.75) is 24.5 Å². The summed E-state index contributed by atoms with van der Waals surface area (Å²) >= 11 is 1.60. The van der Waals surface area contributed by atoms with E-state index in [1.165, 1.54) is 0 Å². The molecule has 0 aromatic carbocycles. The zero-order valence-electron chi connectivity index (χ0n) is 10.1. The van der Waals surface area contributed by atoms with Crippen molar-refractivity contribution in [1.82, 2.24) is 5.43 Å². The average Bonchev–Trinajstić information content (AvgIpc) is 2.92. The zero-order chi connectivity index (χ0) is 13.1. The zero-order valence-corrected chi connectivity index (χ0v) is 11.0.